The number of nitrogens with zero attached hydrogens (tertiary/aromatic N) is 3. The van der Waals surface area contributed by atoms with Gasteiger partial charge in [-0.05, 0) is 88.7 Å². The number of aliphatic hydroxyl groups is 1. The van der Waals surface area contributed by atoms with Crippen molar-refractivity contribution in [2.45, 2.75) is 76.4 Å². The van der Waals surface area contributed by atoms with E-state index in [1.54, 1.807) is 0 Å². The molecule has 1 aliphatic heterocycles. The Labute approximate surface area is 189 Å². The van der Waals surface area contributed by atoms with Crippen LogP contribution in [0.3, 0.4) is 0 Å². The first-order valence-electron chi connectivity index (χ1n) is 12.3. The molecule has 0 unspecified atom stereocenters. The molecule has 5 aliphatic rings. The summed E-state index contributed by atoms with van der Waals surface area (Å²) in [7, 11) is 0. The Hall–Kier alpha value is -2.21. The lowest BCUT2D eigenvalue weighted by atomic mass is 9.51. The predicted molar refractivity (Wildman–Crippen MR) is 124 cm³/mol. The number of nitrogens with one attached hydrogen (secondary N) is 1. The van der Waals surface area contributed by atoms with Crippen molar-refractivity contribution in [1.82, 2.24) is 15.3 Å². The third kappa shape index (κ3) is 3.47. The average Bonchev–Trinajstić information content (AvgIpc) is 2.71. The van der Waals surface area contributed by atoms with Gasteiger partial charge in [0.1, 0.15) is 0 Å². The first kappa shape index (κ1) is 20.4. The van der Waals surface area contributed by atoms with Crippen molar-refractivity contribution < 1.29 is 9.90 Å². The summed E-state index contributed by atoms with van der Waals surface area (Å²) in [5.74, 6) is 1.99. The molecule has 4 bridgehead atoms. The Morgan fingerprint density at radius 3 is 2.69 bits per heavy atom. The maximum Gasteiger partial charge on any atom is 0.226 e. The topological polar surface area (TPSA) is 78.4 Å². The Balaban J connectivity index is 1.20. The molecule has 170 valence electrons. The Bertz CT molecular complexity index is 1070. The minimum Gasteiger partial charge on any atom is -0.390 e. The fraction of sp³-hybridized carbons (Fsp3) is 0.654. The van der Waals surface area contributed by atoms with Crippen LogP contribution in [0.5, 0.6) is 0 Å². The van der Waals surface area contributed by atoms with Crippen molar-refractivity contribution >= 4 is 22.8 Å². The Morgan fingerprint density at radius 1 is 1.16 bits per heavy atom. The molecular formula is C26H34N4O2. The first-order valence-corrected chi connectivity index (χ1v) is 12.3. The van der Waals surface area contributed by atoms with E-state index in [-0.39, 0.29) is 17.4 Å². The predicted octanol–water partition coefficient (Wildman–Crippen LogP) is 3.66. The van der Waals surface area contributed by atoms with Crippen molar-refractivity contribution in [1.29, 1.82) is 0 Å². The summed E-state index contributed by atoms with van der Waals surface area (Å²) in [6.45, 7) is 5.67. The normalized spacial score (nSPS) is 36.0. The van der Waals surface area contributed by atoms with Gasteiger partial charge in [0.05, 0.1) is 22.7 Å². The summed E-state index contributed by atoms with van der Waals surface area (Å²) in [5.41, 5.74) is 2.41. The molecule has 1 amide bonds. The number of fused-ring (bicyclic) bond motifs is 1. The van der Waals surface area contributed by atoms with E-state index in [0.29, 0.717) is 18.4 Å². The summed E-state index contributed by atoms with van der Waals surface area (Å²) in [4.78, 5) is 25.3. The molecule has 6 nitrogen and oxygen atoms in total. The molecule has 1 saturated heterocycles. The van der Waals surface area contributed by atoms with Gasteiger partial charge in [0.15, 0.2) is 0 Å². The number of piperidine rings is 1. The van der Waals surface area contributed by atoms with Crippen LogP contribution < -0.4 is 10.2 Å². The van der Waals surface area contributed by atoms with Crippen molar-refractivity contribution in [3.8, 4) is 0 Å². The summed E-state index contributed by atoms with van der Waals surface area (Å²) in [6, 6.07) is 6.30. The third-order valence-corrected chi connectivity index (χ3v) is 8.52. The van der Waals surface area contributed by atoms with Gasteiger partial charge in [-0.25, -0.2) is 9.97 Å². The SMILES string of the molecule is Cc1ccc2c(C)nc(N3CCC[C@@H](C(=O)NC45C[C@H]6C[C@@H](CC(O)(C6)C4)C5)C3)nc2c1. The highest BCUT2D eigenvalue weighted by Gasteiger charge is 2.57. The second-order valence-corrected chi connectivity index (χ2v) is 11.4. The van der Waals surface area contributed by atoms with E-state index < -0.39 is 5.60 Å². The first-order chi connectivity index (χ1) is 15.3. The third-order valence-electron chi connectivity index (χ3n) is 8.52. The van der Waals surface area contributed by atoms with E-state index in [2.05, 4.69) is 35.3 Å². The quantitative estimate of drug-likeness (QED) is 0.771. The summed E-state index contributed by atoms with van der Waals surface area (Å²) >= 11 is 0. The highest BCUT2D eigenvalue weighted by Crippen LogP contribution is 2.57. The zero-order chi connectivity index (χ0) is 22.1. The largest absolute Gasteiger partial charge is 0.390 e. The average molecular weight is 435 g/mol. The van der Waals surface area contributed by atoms with E-state index in [1.807, 2.05) is 6.92 Å². The summed E-state index contributed by atoms with van der Waals surface area (Å²) in [5, 5.41) is 15.6. The van der Waals surface area contributed by atoms with Crippen LogP contribution in [0.2, 0.25) is 0 Å². The maximum atomic E-state index is 13.4. The van der Waals surface area contributed by atoms with Gasteiger partial charge in [-0.1, -0.05) is 12.1 Å². The van der Waals surface area contributed by atoms with E-state index >= 15 is 0 Å². The molecule has 2 heterocycles. The number of hydrogen-bond acceptors (Lipinski definition) is 5. The molecule has 32 heavy (non-hydrogen) atoms. The molecule has 6 heteroatoms. The number of hydrogen-bond donors (Lipinski definition) is 2. The van der Waals surface area contributed by atoms with Crippen LogP contribution in [0.1, 0.15) is 62.6 Å². The lowest BCUT2D eigenvalue weighted by Gasteiger charge is -2.60. The van der Waals surface area contributed by atoms with Crippen LogP contribution in [0, 0.1) is 31.6 Å². The molecular weight excluding hydrogens is 400 g/mol. The fourth-order valence-corrected chi connectivity index (χ4v) is 7.62. The molecule has 3 atom stereocenters. The van der Waals surface area contributed by atoms with E-state index in [9.17, 15) is 9.90 Å². The number of carbonyl (C=O) groups is 1. The molecule has 2 aromatic rings. The molecule has 5 fully saturated rings. The molecule has 2 N–H and O–H groups in total. The zero-order valence-corrected chi connectivity index (χ0v) is 19.2. The van der Waals surface area contributed by atoms with Crippen LogP contribution in [-0.4, -0.2) is 45.2 Å². The van der Waals surface area contributed by atoms with Crippen LogP contribution in [0.15, 0.2) is 18.2 Å². The number of carbonyl (C=O) groups excluding carboxylic acids is 1. The highest BCUT2D eigenvalue weighted by atomic mass is 16.3. The second-order valence-electron chi connectivity index (χ2n) is 11.4. The van der Waals surface area contributed by atoms with E-state index in [1.165, 1.54) is 12.0 Å². The minimum atomic E-state index is -0.551. The molecule has 1 aromatic heterocycles. The highest BCUT2D eigenvalue weighted by molar-refractivity contribution is 5.83. The van der Waals surface area contributed by atoms with Crippen molar-refractivity contribution in [3.05, 3.63) is 29.5 Å². The second kappa shape index (κ2) is 7.14. The zero-order valence-electron chi connectivity index (χ0n) is 19.2. The molecule has 0 spiro atoms. The maximum absolute atomic E-state index is 13.4. The molecule has 1 aromatic carbocycles. The van der Waals surface area contributed by atoms with Crippen LogP contribution in [0.25, 0.3) is 10.9 Å². The number of amides is 1. The lowest BCUT2D eigenvalue weighted by molar-refractivity contribution is -0.152. The standard InChI is InChI=1S/C26H34N4O2/c1-16-5-6-21-17(2)27-24(28-22(21)8-16)30-7-3-4-20(14-30)23(31)29-25-10-18-9-19(11-25)13-26(32,12-18)15-25/h5-6,8,18-20,32H,3-4,7,9-15H2,1-2H3,(H,29,31)/t18-,19-,20-,25?,26?/m1/s1. The summed E-state index contributed by atoms with van der Waals surface area (Å²) < 4.78 is 0. The number of benzene rings is 1. The summed E-state index contributed by atoms with van der Waals surface area (Å²) in [6.07, 6.45) is 7.78. The number of rotatable bonds is 3. The van der Waals surface area contributed by atoms with Crippen LogP contribution in [-0.2, 0) is 4.79 Å². The van der Waals surface area contributed by atoms with Crippen molar-refractivity contribution in [3.63, 3.8) is 0 Å². The van der Waals surface area contributed by atoms with Gasteiger partial charge in [0.2, 0.25) is 11.9 Å². The molecule has 0 radical (unpaired) electrons. The smallest absolute Gasteiger partial charge is 0.226 e. The van der Waals surface area contributed by atoms with Gasteiger partial charge < -0.3 is 15.3 Å². The molecule has 4 saturated carbocycles. The van der Waals surface area contributed by atoms with Crippen LogP contribution in [0.4, 0.5) is 5.95 Å². The van der Waals surface area contributed by atoms with Gasteiger partial charge in [0.25, 0.3) is 0 Å². The van der Waals surface area contributed by atoms with Gasteiger partial charge in [0, 0.05) is 24.0 Å². The Kier molecular flexibility index (Phi) is 4.55. The molecule has 7 rings (SSSR count). The van der Waals surface area contributed by atoms with Gasteiger partial charge in [-0.3, -0.25) is 4.79 Å². The van der Waals surface area contributed by atoms with Gasteiger partial charge in [-0.15, -0.1) is 0 Å². The van der Waals surface area contributed by atoms with Crippen LogP contribution >= 0.6 is 0 Å². The number of anilines is 1. The number of aromatic nitrogens is 2. The van der Waals surface area contributed by atoms with E-state index in [4.69, 9.17) is 9.97 Å². The van der Waals surface area contributed by atoms with E-state index in [0.717, 1.165) is 74.0 Å². The monoisotopic (exact) mass is 434 g/mol. The number of aryl methyl sites for hydroxylation is 2. The fourth-order valence-electron chi connectivity index (χ4n) is 7.62. The van der Waals surface area contributed by atoms with Gasteiger partial charge >= 0.3 is 0 Å². The minimum absolute atomic E-state index is 0.0523. The van der Waals surface area contributed by atoms with Crippen molar-refractivity contribution in [2.24, 2.45) is 17.8 Å². The van der Waals surface area contributed by atoms with Crippen molar-refractivity contribution in [2.75, 3.05) is 18.0 Å². The Morgan fingerprint density at radius 2 is 1.94 bits per heavy atom. The lowest BCUT2D eigenvalue weighted by Crippen LogP contribution is -2.66. The van der Waals surface area contributed by atoms with Gasteiger partial charge in [-0.2, -0.15) is 0 Å². The molecule has 4 aliphatic carbocycles.